The Labute approximate surface area is 89.1 Å². The highest BCUT2D eigenvalue weighted by Gasteiger charge is 2.19. The third-order valence-electron chi connectivity index (χ3n) is 2.48. The van der Waals surface area contributed by atoms with Gasteiger partial charge in [-0.25, -0.2) is 0 Å². The van der Waals surface area contributed by atoms with E-state index in [4.69, 9.17) is 0 Å². The summed E-state index contributed by atoms with van der Waals surface area (Å²) in [5.74, 6) is 0.680. The van der Waals surface area contributed by atoms with Gasteiger partial charge in [0.05, 0.1) is 5.60 Å². The number of hydrogen-bond donors (Lipinski definition) is 2. The second-order valence-corrected chi connectivity index (χ2v) is 5.29. The number of hydrogen-bond acceptors (Lipinski definition) is 2. The van der Waals surface area contributed by atoms with E-state index < -0.39 is 5.60 Å². The molecule has 0 aliphatic rings. The first-order valence-corrected chi connectivity index (χ1v) is 5.79. The van der Waals surface area contributed by atoms with Crippen LogP contribution in [0.1, 0.15) is 53.9 Å². The fraction of sp³-hybridized carbons (Fsp3) is 1.00. The van der Waals surface area contributed by atoms with E-state index in [-0.39, 0.29) is 0 Å². The molecule has 1 unspecified atom stereocenters. The van der Waals surface area contributed by atoms with E-state index in [0.29, 0.717) is 12.0 Å². The first-order valence-electron chi connectivity index (χ1n) is 5.79. The van der Waals surface area contributed by atoms with Crippen molar-refractivity contribution in [3.8, 4) is 0 Å². The summed E-state index contributed by atoms with van der Waals surface area (Å²) in [4.78, 5) is 0. The highest BCUT2D eigenvalue weighted by molar-refractivity contribution is 4.74. The average Bonchev–Trinajstić information content (AvgIpc) is 2.00. The summed E-state index contributed by atoms with van der Waals surface area (Å²) in [6.07, 6.45) is 2.86. The molecule has 0 amide bonds. The van der Waals surface area contributed by atoms with Gasteiger partial charge >= 0.3 is 0 Å². The summed E-state index contributed by atoms with van der Waals surface area (Å²) in [5, 5.41) is 13.4. The van der Waals surface area contributed by atoms with Crippen molar-refractivity contribution in [3.05, 3.63) is 0 Å². The molecule has 2 N–H and O–H groups in total. The molecule has 0 bridgehead atoms. The molecular formula is C12H27NO. The van der Waals surface area contributed by atoms with Gasteiger partial charge in [0, 0.05) is 6.04 Å². The Bertz CT molecular complexity index is 141. The van der Waals surface area contributed by atoms with Gasteiger partial charge in [-0.3, -0.25) is 0 Å². The van der Waals surface area contributed by atoms with Crippen molar-refractivity contribution in [2.24, 2.45) is 5.92 Å². The van der Waals surface area contributed by atoms with Gasteiger partial charge in [-0.05, 0) is 38.6 Å². The quantitative estimate of drug-likeness (QED) is 0.663. The molecule has 0 aliphatic carbocycles. The minimum atomic E-state index is -0.494. The van der Waals surface area contributed by atoms with Gasteiger partial charge in [0.1, 0.15) is 0 Å². The molecule has 0 saturated carbocycles. The fourth-order valence-electron chi connectivity index (χ4n) is 1.35. The molecular weight excluding hydrogens is 174 g/mol. The minimum absolute atomic E-state index is 0.494. The second kappa shape index (κ2) is 6.41. The van der Waals surface area contributed by atoms with Crippen LogP contribution in [0.4, 0.5) is 0 Å². The molecule has 86 valence electrons. The van der Waals surface area contributed by atoms with Crippen molar-refractivity contribution in [2.75, 3.05) is 6.54 Å². The van der Waals surface area contributed by atoms with Gasteiger partial charge in [-0.1, -0.05) is 27.7 Å². The van der Waals surface area contributed by atoms with Crippen LogP contribution in [0.15, 0.2) is 0 Å². The van der Waals surface area contributed by atoms with Crippen molar-refractivity contribution in [2.45, 2.75) is 65.5 Å². The zero-order valence-electron chi connectivity index (χ0n) is 10.4. The van der Waals surface area contributed by atoms with Crippen LogP contribution in [-0.2, 0) is 0 Å². The lowest BCUT2D eigenvalue weighted by Crippen LogP contribution is -2.32. The minimum Gasteiger partial charge on any atom is -0.390 e. The van der Waals surface area contributed by atoms with Crippen molar-refractivity contribution in [1.82, 2.24) is 5.32 Å². The largest absolute Gasteiger partial charge is 0.390 e. The first-order chi connectivity index (χ1) is 6.33. The molecule has 2 heteroatoms. The number of nitrogens with one attached hydrogen (secondary N) is 1. The lowest BCUT2D eigenvalue weighted by atomic mass is 9.92. The monoisotopic (exact) mass is 201 g/mol. The van der Waals surface area contributed by atoms with Crippen LogP contribution in [-0.4, -0.2) is 23.3 Å². The van der Waals surface area contributed by atoms with Crippen LogP contribution in [0.25, 0.3) is 0 Å². The maximum absolute atomic E-state index is 10.0. The van der Waals surface area contributed by atoms with Gasteiger partial charge < -0.3 is 10.4 Å². The molecule has 0 radical (unpaired) electrons. The van der Waals surface area contributed by atoms with E-state index in [1.165, 1.54) is 0 Å². The Hall–Kier alpha value is -0.0800. The molecule has 0 aromatic rings. The van der Waals surface area contributed by atoms with E-state index >= 15 is 0 Å². The highest BCUT2D eigenvalue weighted by Crippen LogP contribution is 2.19. The molecule has 0 aliphatic heterocycles. The SMILES string of the molecule is CC(C)CCC(C)(O)CCNC(C)C. The Balaban J connectivity index is 3.61. The van der Waals surface area contributed by atoms with Crippen LogP contribution in [0, 0.1) is 5.92 Å². The zero-order chi connectivity index (χ0) is 11.2. The van der Waals surface area contributed by atoms with Crippen molar-refractivity contribution >= 4 is 0 Å². The van der Waals surface area contributed by atoms with E-state index in [1.807, 2.05) is 6.92 Å². The number of rotatable bonds is 7. The predicted octanol–water partition coefficient (Wildman–Crippen LogP) is 2.56. The summed E-state index contributed by atoms with van der Waals surface area (Å²) in [6, 6.07) is 0.510. The van der Waals surface area contributed by atoms with Gasteiger partial charge in [0.25, 0.3) is 0 Å². The predicted molar refractivity (Wildman–Crippen MR) is 62.5 cm³/mol. The van der Waals surface area contributed by atoms with Crippen molar-refractivity contribution in [1.29, 1.82) is 0 Å². The number of aliphatic hydroxyl groups is 1. The Morgan fingerprint density at radius 1 is 1.14 bits per heavy atom. The third kappa shape index (κ3) is 8.52. The molecule has 2 nitrogen and oxygen atoms in total. The lowest BCUT2D eigenvalue weighted by molar-refractivity contribution is 0.0366. The Kier molecular flexibility index (Phi) is 6.38. The molecule has 1 atom stereocenters. The molecule has 0 saturated heterocycles. The van der Waals surface area contributed by atoms with Crippen molar-refractivity contribution in [3.63, 3.8) is 0 Å². The normalized spacial score (nSPS) is 16.3. The summed E-state index contributed by atoms with van der Waals surface area (Å²) < 4.78 is 0. The Morgan fingerprint density at radius 3 is 2.14 bits per heavy atom. The zero-order valence-corrected chi connectivity index (χ0v) is 10.4. The topological polar surface area (TPSA) is 32.3 Å². The smallest absolute Gasteiger partial charge is 0.0632 e. The molecule has 0 aromatic heterocycles. The molecule has 0 heterocycles. The second-order valence-electron chi connectivity index (χ2n) is 5.29. The summed E-state index contributed by atoms with van der Waals surface area (Å²) in [7, 11) is 0. The third-order valence-corrected chi connectivity index (χ3v) is 2.48. The van der Waals surface area contributed by atoms with Crippen LogP contribution in [0.3, 0.4) is 0 Å². The maximum Gasteiger partial charge on any atom is 0.0632 e. The summed E-state index contributed by atoms with van der Waals surface area (Å²) in [6.45, 7) is 11.5. The molecule has 0 spiro atoms. The molecule has 0 fully saturated rings. The maximum atomic E-state index is 10.0. The molecule has 0 rings (SSSR count). The Morgan fingerprint density at radius 2 is 1.71 bits per heavy atom. The van der Waals surface area contributed by atoms with Crippen LogP contribution < -0.4 is 5.32 Å². The van der Waals surface area contributed by atoms with Gasteiger partial charge in [-0.2, -0.15) is 0 Å². The van der Waals surface area contributed by atoms with E-state index in [2.05, 4.69) is 33.0 Å². The highest BCUT2D eigenvalue weighted by atomic mass is 16.3. The standard InChI is InChI=1S/C12H27NO/c1-10(2)6-7-12(5,14)8-9-13-11(3)4/h10-11,13-14H,6-9H2,1-5H3. The fourth-order valence-corrected chi connectivity index (χ4v) is 1.35. The van der Waals surface area contributed by atoms with Crippen molar-refractivity contribution < 1.29 is 5.11 Å². The molecule has 0 aromatic carbocycles. The lowest BCUT2D eigenvalue weighted by Gasteiger charge is -2.24. The van der Waals surface area contributed by atoms with Gasteiger partial charge in [-0.15, -0.1) is 0 Å². The van der Waals surface area contributed by atoms with E-state index in [9.17, 15) is 5.11 Å². The molecule has 14 heavy (non-hydrogen) atoms. The van der Waals surface area contributed by atoms with Gasteiger partial charge in [0.15, 0.2) is 0 Å². The van der Waals surface area contributed by atoms with E-state index in [1.54, 1.807) is 0 Å². The van der Waals surface area contributed by atoms with Crippen LogP contribution >= 0.6 is 0 Å². The van der Waals surface area contributed by atoms with Crippen LogP contribution in [0.2, 0.25) is 0 Å². The average molecular weight is 201 g/mol. The van der Waals surface area contributed by atoms with Gasteiger partial charge in [0.2, 0.25) is 0 Å². The summed E-state index contributed by atoms with van der Waals surface area (Å²) >= 11 is 0. The van der Waals surface area contributed by atoms with Crippen LogP contribution in [0.5, 0.6) is 0 Å². The first kappa shape index (κ1) is 13.9. The summed E-state index contributed by atoms with van der Waals surface area (Å²) in [5.41, 5.74) is -0.494. The van der Waals surface area contributed by atoms with E-state index in [0.717, 1.165) is 25.8 Å².